The van der Waals surface area contributed by atoms with Gasteiger partial charge in [0.05, 0.1) is 37.3 Å². The highest BCUT2D eigenvalue weighted by Gasteiger charge is 2.42. The maximum atomic E-state index is 13.5. The highest BCUT2D eigenvalue weighted by atomic mass is 16.5. The van der Waals surface area contributed by atoms with Crippen LogP contribution >= 0.6 is 0 Å². The van der Waals surface area contributed by atoms with Crippen molar-refractivity contribution in [3.8, 4) is 11.5 Å². The van der Waals surface area contributed by atoms with E-state index >= 15 is 0 Å². The van der Waals surface area contributed by atoms with E-state index in [1.807, 2.05) is 18.2 Å². The maximum Gasteiger partial charge on any atom is 0.290 e. The summed E-state index contributed by atoms with van der Waals surface area (Å²) in [5.74, 6) is 1.45. The average molecular weight is 452 g/mol. The largest absolute Gasteiger partial charge is 0.493 e. The number of amides is 1. The van der Waals surface area contributed by atoms with Gasteiger partial charge in [-0.15, -0.1) is 0 Å². The fourth-order valence-electron chi connectivity index (χ4n) is 4.11. The molecule has 0 radical (unpaired) electrons. The molecule has 2 heterocycles. The van der Waals surface area contributed by atoms with Crippen molar-refractivity contribution < 1.29 is 23.4 Å². The molecule has 4 rings (SSSR count). The zero-order chi connectivity index (χ0) is 23.5. The van der Waals surface area contributed by atoms with Gasteiger partial charge in [0.25, 0.3) is 5.91 Å². The first-order valence-corrected chi connectivity index (χ1v) is 11.1. The highest BCUT2D eigenvalue weighted by Crippen LogP contribution is 2.40. The van der Waals surface area contributed by atoms with Crippen LogP contribution in [0.25, 0.3) is 11.0 Å². The molecule has 2 aromatic carbocycles. The van der Waals surface area contributed by atoms with Gasteiger partial charge in [0.15, 0.2) is 16.9 Å². The van der Waals surface area contributed by atoms with Gasteiger partial charge in [-0.05, 0) is 42.2 Å². The van der Waals surface area contributed by atoms with Crippen molar-refractivity contribution in [3.05, 3.63) is 69.6 Å². The minimum atomic E-state index is -0.609. The lowest BCUT2D eigenvalue weighted by Crippen LogP contribution is -2.32. The van der Waals surface area contributed by atoms with Crippen molar-refractivity contribution in [1.82, 2.24) is 4.90 Å². The lowest BCUT2D eigenvalue weighted by Gasteiger charge is -2.25. The Morgan fingerprint density at radius 2 is 1.82 bits per heavy atom. The molecule has 1 aliphatic rings. The second-order valence-electron chi connectivity index (χ2n) is 8.51. The molecule has 174 valence electrons. The van der Waals surface area contributed by atoms with Gasteiger partial charge in [0.2, 0.25) is 5.76 Å². The zero-order valence-corrected chi connectivity index (χ0v) is 19.4. The van der Waals surface area contributed by atoms with Crippen LogP contribution in [0.4, 0.5) is 0 Å². The Balaban J connectivity index is 1.80. The summed E-state index contributed by atoms with van der Waals surface area (Å²) in [5.41, 5.74) is 1.27. The first-order valence-electron chi connectivity index (χ1n) is 11.1. The van der Waals surface area contributed by atoms with Gasteiger partial charge in [0.1, 0.15) is 5.58 Å². The molecule has 1 amide bonds. The minimum Gasteiger partial charge on any atom is -0.493 e. The molecule has 3 aromatic rings. The molecule has 7 heteroatoms. The third kappa shape index (κ3) is 4.33. The Labute approximate surface area is 192 Å². The van der Waals surface area contributed by atoms with Crippen LogP contribution in [0.2, 0.25) is 0 Å². The molecule has 1 aromatic heterocycles. The average Bonchev–Trinajstić information content (AvgIpc) is 3.09. The predicted octanol–water partition coefficient (Wildman–Crippen LogP) is 4.42. The van der Waals surface area contributed by atoms with Crippen LogP contribution in [-0.2, 0) is 4.74 Å². The topological polar surface area (TPSA) is 78.2 Å². The van der Waals surface area contributed by atoms with Crippen molar-refractivity contribution in [2.45, 2.75) is 26.3 Å². The van der Waals surface area contributed by atoms with Crippen LogP contribution in [0, 0.1) is 5.92 Å². The van der Waals surface area contributed by atoms with Gasteiger partial charge in [-0.1, -0.05) is 32.0 Å². The minimum absolute atomic E-state index is 0.0797. The summed E-state index contributed by atoms with van der Waals surface area (Å²) >= 11 is 0. The molecule has 0 N–H and O–H groups in total. The Morgan fingerprint density at radius 1 is 1.03 bits per heavy atom. The molecule has 33 heavy (non-hydrogen) atoms. The SMILES string of the molecule is COCCN1C(=O)c2oc3ccccc3c(=O)c2[C@H]1c1ccc(OCCC(C)C)c(OC)c1. The van der Waals surface area contributed by atoms with E-state index in [1.54, 1.807) is 43.4 Å². The monoisotopic (exact) mass is 451 g/mol. The number of methoxy groups -OCH3 is 2. The van der Waals surface area contributed by atoms with Gasteiger partial charge in [0, 0.05) is 13.7 Å². The number of carbonyl (C=O) groups excluding carboxylic acids is 1. The summed E-state index contributed by atoms with van der Waals surface area (Å²) in [6.45, 7) is 5.50. The third-order valence-corrected chi connectivity index (χ3v) is 5.87. The normalized spacial score (nSPS) is 15.4. The molecule has 0 saturated heterocycles. The van der Waals surface area contributed by atoms with Crippen LogP contribution in [0.15, 0.2) is 51.7 Å². The van der Waals surface area contributed by atoms with Crippen LogP contribution in [-0.4, -0.2) is 44.8 Å². The first-order chi connectivity index (χ1) is 16.0. The van der Waals surface area contributed by atoms with E-state index in [0.717, 1.165) is 12.0 Å². The number of hydrogen-bond donors (Lipinski definition) is 0. The van der Waals surface area contributed by atoms with Crippen molar-refractivity contribution in [3.63, 3.8) is 0 Å². The van der Waals surface area contributed by atoms with Gasteiger partial charge >= 0.3 is 0 Å². The Kier molecular flexibility index (Phi) is 6.70. The van der Waals surface area contributed by atoms with Crippen molar-refractivity contribution in [2.75, 3.05) is 34.0 Å². The quantitative estimate of drug-likeness (QED) is 0.479. The molecule has 1 aliphatic heterocycles. The number of rotatable bonds is 9. The summed E-state index contributed by atoms with van der Waals surface area (Å²) in [4.78, 5) is 28.4. The second kappa shape index (κ2) is 9.67. The standard InChI is InChI=1S/C26H29NO6/c1-16(2)11-13-32-20-10-9-17(15-21(20)31-4)23-22-24(28)18-7-5-6-8-19(18)33-25(22)26(29)27(23)12-14-30-3/h5-10,15-16,23H,11-14H2,1-4H3/t23-/m1/s1. The predicted molar refractivity (Wildman–Crippen MR) is 125 cm³/mol. The van der Waals surface area contributed by atoms with Gasteiger partial charge in [-0.25, -0.2) is 0 Å². The molecule has 0 unspecified atom stereocenters. The van der Waals surface area contributed by atoms with Crippen LogP contribution in [0.1, 0.15) is 48.0 Å². The van der Waals surface area contributed by atoms with E-state index in [-0.39, 0.29) is 17.1 Å². The Bertz CT molecular complexity index is 1220. The number of benzene rings is 2. The van der Waals surface area contributed by atoms with Crippen molar-refractivity contribution >= 4 is 16.9 Å². The first kappa shape index (κ1) is 22.9. The van der Waals surface area contributed by atoms with Crippen LogP contribution < -0.4 is 14.9 Å². The summed E-state index contributed by atoms with van der Waals surface area (Å²) < 4.78 is 22.6. The third-order valence-electron chi connectivity index (χ3n) is 5.87. The van der Waals surface area contributed by atoms with E-state index in [0.29, 0.717) is 53.7 Å². The summed E-state index contributed by atoms with van der Waals surface area (Å²) in [7, 11) is 3.15. The lowest BCUT2D eigenvalue weighted by molar-refractivity contribution is 0.0663. The van der Waals surface area contributed by atoms with Gasteiger partial charge in [-0.2, -0.15) is 0 Å². The number of para-hydroxylation sites is 1. The van der Waals surface area contributed by atoms with E-state index < -0.39 is 6.04 Å². The fourth-order valence-corrected chi connectivity index (χ4v) is 4.11. The van der Waals surface area contributed by atoms with E-state index in [9.17, 15) is 9.59 Å². The number of hydrogen-bond acceptors (Lipinski definition) is 6. The fraction of sp³-hybridized carbons (Fsp3) is 0.385. The second-order valence-corrected chi connectivity index (χ2v) is 8.51. The molecule has 0 spiro atoms. The summed E-state index contributed by atoms with van der Waals surface area (Å²) in [6.07, 6.45) is 0.925. The van der Waals surface area contributed by atoms with E-state index in [2.05, 4.69) is 13.8 Å². The van der Waals surface area contributed by atoms with E-state index in [4.69, 9.17) is 18.6 Å². The van der Waals surface area contributed by atoms with Crippen molar-refractivity contribution in [2.24, 2.45) is 5.92 Å². The smallest absolute Gasteiger partial charge is 0.290 e. The van der Waals surface area contributed by atoms with Gasteiger partial charge in [-0.3, -0.25) is 9.59 Å². The molecular weight excluding hydrogens is 422 g/mol. The maximum absolute atomic E-state index is 13.5. The molecule has 0 saturated carbocycles. The van der Waals surface area contributed by atoms with Crippen molar-refractivity contribution in [1.29, 1.82) is 0 Å². The molecule has 0 fully saturated rings. The Morgan fingerprint density at radius 3 is 2.55 bits per heavy atom. The number of nitrogens with zero attached hydrogens (tertiary/aromatic N) is 1. The lowest BCUT2D eigenvalue weighted by atomic mass is 9.98. The van der Waals surface area contributed by atoms with Crippen LogP contribution in [0.3, 0.4) is 0 Å². The van der Waals surface area contributed by atoms with Gasteiger partial charge < -0.3 is 23.5 Å². The van der Waals surface area contributed by atoms with Crippen LogP contribution in [0.5, 0.6) is 11.5 Å². The number of carbonyl (C=O) groups is 1. The zero-order valence-electron chi connectivity index (χ0n) is 19.4. The number of fused-ring (bicyclic) bond motifs is 2. The summed E-state index contributed by atoms with van der Waals surface area (Å²) in [6, 6.07) is 11.9. The molecule has 1 atom stereocenters. The summed E-state index contributed by atoms with van der Waals surface area (Å²) in [5, 5.41) is 0.447. The van der Waals surface area contributed by atoms with E-state index in [1.165, 1.54) is 0 Å². The Hall–Kier alpha value is -3.32. The number of ether oxygens (including phenoxy) is 3. The highest BCUT2D eigenvalue weighted by molar-refractivity contribution is 5.99. The molecular formula is C26H29NO6. The molecule has 7 nitrogen and oxygen atoms in total. The molecule has 0 aliphatic carbocycles. The molecule has 0 bridgehead atoms.